The molecule has 1 amide bonds. The van der Waals surface area contributed by atoms with Crippen molar-refractivity contribution in [1.82, 2.24) is 35.3 Å². The number of carbonyl (C=O) groups is 1. The monoisotopic (exact) mass is 323 g/mol. The van der Waals surface area contributed by atoms with Crippen LogP contribution in [0.2, 0.25) is 0 Å². The second-order valence-electron chi connectivity index (χ2n) is 5.86. The topological polar surface area (TPSA) is 90.5 Å². The van der Waals surface area contributed by atoms with Crippen molar-refractivity contribution in [2.24, 2.45) is 7.05 Å². The molecule has 1 aliphatic rings. The van der Waals surface area contributed by atoms with E-state index >= 15 is 0 Å². The Morgan fingerprint density at radius 2 is 2.21 bits per heavy atom. The first kappa shape index (κ1) is 14.6. The van der Waals surface area contributed by atoms with Gasteiger partial charge < -0.3 is 5.32 Å². The van der Waals surface area contributed by atoms with E-state index in [9.17, 15) is 4.79 Å². The van der Waals surface area contributed by atoms with E-state index in [1.54, 1.807) is 6.07 Å². The van der Waals surface area contributed by atoms with Crippen LogP contribution < -0.4 is 5.32 Å². The summed E-state index contributed by atoms with van der Waals surface area (Å²) in [6.07, 6.45) is 6.28. The number of fused-ring (bicyclic) bond motifs is 1. The first-order valence-corrected chi connectivity index (χ1v) is 7.88. The number of para-hydroxylation sites is 1. The van der Waals surface area contributed by atoms with Crippen molar-refractivity contribution in [3.8, 4) is 5.69 Å². The molecule has 0 bridgehead atoms. The Balaban J connectivity index is 1.62. The molecule has 1 aliphatic carbocycles. The highest BCUT2D eigenvalue weighted by molar-refractivity contribution is 5.98. The minimum atomic E-state index is -0.136. The number of nitrogens with zero attached hydrogens (tertiary/aromatic N) is 6. The minimum absolute atomic E-state index is 0.0168. The van der Waals surface area contributed by atoms with Crippen LogP contribution >= 0.6 is 0 Å². The lowest BCUT2D eigenvalue weighted by Gasteiger charge is -2.24. The van der Waals surface area contributed by atoms with Crippen LogP contribution in [0.25, 0.3) is 5.69 Å². The molecule has 0 aliphatic heterocycles. The molecule has 8 nitrogen and oxygen atoms in total. The van der Waals surface area contributed by atoms with Gasteiger partial charge >= 0.3 is 0 Å². The molecule has 1 aromatic carbocycles. The van der Waals surface area contributed by atoms with Crippen LogP contribution in [0, 0.1) is 0 Å². The summed E-state index contributed by atoms with van der Waals surface area (Å²) < 4.78 is 3.38. The van der Waals surface area contributed by atoms with Gasteiger partial charge in [-0.05, 0) is 41.8 Å². The Labute approximate surface area is 138 Å². The fraction of sp³-hybridized carbons (Fsp3) is 0.312. The largest absolute Gasteiger partial charge is 0.345 e. The van der Waals surface area contributed by atoms with E-state index in [0.29, 0.717) is 11.3 Å². The quantitative estimate of drug-likeness (QED) is 0.782. The molecule has 1 N–H and O–H groups in total. The number of tetrazole rings is 1. The Morgan fingerprint density at radius 3 is 3.04 bits per heavy atom. The third kappa shape index (κ3) is 2.45. The van der Waals surface area contributed by atoms with Crippen molar-refractivity contribution in [3.63, 3.8) is 0 Å². The molecule has 0 fully saturated rings. The van der Waals surface area contributed by atoms with Crippen molar-refractivity contribution >= 4 is 5.91 Å². The van der Waals surface area contributed by atoms with Crippen LogP contribution in [0.15, 0.2) is 36.8 Å². The minimum Gasteiger partial charge on any atom is -0.345 e. The molecule has 0 spiro atoms. The molecule has 2 aromatic heterocycles. The summed E-state index contributed by atoms with van der Waals surface area (Å²) in [5.74, 6) is -0.136. The van der Waals surface area contributed by atoms with Gasteiger partial charge in [0.1, 0.15) is 6.33 Å². The highest BCUT2D eigenvalue weighted by atomic mass is 16.1. The molecule has 4 rings (SSSR count). The van der Waals surface area contributed by atoms with Gasteiger partial charge in [0.15, 0.2) is 0 Å². The lowest BCUT2D eigenvalue weighted by molar-refractivity contribution is 0.0932. The molecule has 122 valence electrons. The van der Waals surface area contributed by atoms with Gasteiger partial charge in [-0.25, -0.2) is 0 Å². The molecule has 0 saturated carbocycles. The van der Waals surface area contributed by atoms with Crippen LogP contribution in [-0.4, -0.2) is 35.9 Å². The molecule has 24 heavy (non-hydrogen) atoms. The van der Waals surface area contributed by atoms with Crippen molar-refractivity contribution < 1.29 is 4.79 Å². The maximum atomic E-state index is 12.8. The van der Waals surface area contributed by atoms with E-state index in [1.807, 2.05) is 36.1 Å². The highest BCUT2D eigenvalue weighted by Crippen LogP contribution is 2.29. The highest BCUT2D eigenvalue weighted by Gasteiger charge is 2.26. The summed E-state index contributed by atoms with van der Waals surface area (Å²) in [6, 6.07) is 7.27. The second-order valence-corrected chi connectivity index (χ2v) is 5.86. The predicted molar refractivity (Wildman–Crippen MR) is 85.5 cm³/mol. The van der Waals surface area contributed by atoms with Crippen molar-refractivity contribution in [2.75, 3.05) is 0 Å². The maximum absolute atomic E-state index is 12.8. The zero-order chi connectivity index (χ0) is 16.5. The van der Waals surface area contributed by atoms with E-state index < -0.39 is 0 Å². The van der Waals surface area contributed by atoms with Crippen LogP contribution in [0.1, 0.15) is 40.5 Å². The van der Waals surface area contributed by atoms with E-state index in [4.69, 9.17) is 0 Å². The normalized spacial score (nSPS) is 16.6. The SMILES string of the molecule is Cn1ncc2c1CCC[C@@H]2NC(=O)c1ccccc1-n1cnnn1. The zero-order valence-electron chi connectivity index (χ0n) is 13.3. The van der Waals surface area contributed by atoms with Gasteiger partial charge in [0, 0.05) is 18.3 Å². The molecule has 2 heterocycles. The van der Waals surface area contributed by atoms with E-state index in [2.05, 4.69) is 25.9 Å². The first-order chi connectivity index (χ1) is 11.7. The fourth-order valence-corrected chi connectivity index (χ4v) is 3.23. The van der Waals surface area contributed by atoms with Gasteiger partial charge in [0.05, 0.1) is 23.5 Å². The number of nitrogens with one attached hydrogen (secondary N) is 1. The zero-order valence-corrected chi connectivity index (χ0v) is 13.3. The Kier molecular flexibility index (Phi) is 3.56. The lowest BCUT2D eigenvalue weighted by atomic mass is 9.92. The molecule has 0 saturated heterocycles. The second kappa shape index (κ2) is 5.88. The molecule has 0 unspecified atom stereocenters. The Morgan fingerprint density at radius 1 is 1.33 bits per heavy atom. The van der Waals surface area contributed by atoms with Gasteiger partial charge in [0.25, 0.3) is 5.91 Å². The Hall–Kier alpha value is -3.03. The average molecular weight is 323 g/mol. The van der Waals surface area contributed by atoms with E-state index in [1.165, 1.54) is 16.7 Å². The van der Waals surface area contributed by atoms with Gasteiger partial charge in [0.2, 0.25) is 0 Å². The summed E-state index contributed by atoms with van der Waals surface area (Å²) >= 11 is 0. The number of aromatic nitrogens is 6. The fourth-order valence-electron chi connectivity index (χ4n) is 3.23. The predicted octanol–water partition coefficient (Wildman–Crippen LogP) is 1.20. The summed E-state index contributed by atoms with van der Waals surface area (Å²) in [7, 11) is 1.94. The average Bonchev–Trinajstić information content (AvgIpc) is 3.26. The third-order valence-corrected chi connectivity index (χ3v) is 4.43. The molecule has 0 radical (unpaired) electrons. The van der Waals surface area contributed by atoms with Gasteiger partial charge in [-0.1, -0.05) is 12.1 Å². The van der Waals surface area contributed by atoms with Crippen LogP contribution in [0.4, 0.5) is 0 Å². The number of hydrogen-bond acceptors (Lipinski definition) is 5. The smallest absolute Gasteiger partial charge is 0.253 e. The number of carbonyl (C=O) groups excluding carboxylic acids is 1. The van der Waals surface area contributed by atoms with Gasteiger partial charge in [-0.2, -0.15) is 9.78 Å². The number of rotatable bonds is 3. The van der Waals surface area contributed by atoms with Gasteiger partial charge in [-0.15, -0.1) is 5.10 Å². The first-order valence-electron chi connectivity index (χ1n) is 7.88. The van der Waals surface area contributed by atoms with Crippen molar-refractivity contribution in [2.45, 2.75) is 25.3 Å². The molecule has 1 atom stereocenters. The van der Waals surface area contributed by atoms with Crippen molar-refractivity contribution in [1.29, 1.82) is 0 Å². The third-order valence-electron chi connectivity index (χ3n) is 4.43. The maximum Gasteiger partial charge on any atom is 0.253 e. The van der Waals surface area contributed by atoms with Crippen LogP contribution in [0.5, 0.6) is 0 Å². The summed E-state index contributed by atoms with van der Waals surface area (Å²) in [5, 5.41) is 18.6. The number of amides is 1. The number of aryl methyl sites for hydroxylation is 1. The van der Waals surface area contributed by atoms with Gasteiger partial charge in [-0.3, -0.25) is 9.48 Å². The summed E-state index contributed by atoms with van der Waals surface area (Å²) in [6.45, 7) is 0. The van der Waals surface area contributed by atoms with Crippen molar-refractivity contribution in [3.05, 3.63) is 53.6 Å². The van der Waals surface area contributed by atoms with Crippen LogP contribution in [0.3, 0.4) is 0 Å². The molecule has 8 heteroatoms. The van der Waals surface area contributed by atoms with Crippen LogP contribution in [-0.2, 0) is 13.5 Å². The lowest BCUT2D eigenvalue weighted by Crippen LogP contribution is -2.31. The summed E-state index contributed by atoms with van der Waals surface area (Å²) in [5.41, 5.74) is 3.50. The van der Waals surface area contributed by atoms with E-state index in [0.717, 1.165) is 24.8 Å². The van der Waals surface area contributed by atoms with E-state index in [-0.39, 0.29) is 11.9 Å². The number of benzene rings is 1. The standard InChI is InChI=1S/C16H17N7O/c1-22-14-8-4-6-13(12(14)9-18-22)19-16(24)11-5-2-3-7-15(11)23-10-17-20-21-23/h2-3,5,7,9-10,13H,4,6,8H2,1H3,(H,19,24)/t13-/m0/s1. The Bertz CT molecular complexity index is 868. The molecule has 3 aromatic rings. The number of hydrogen-bond donors (Lipinski definition) is 1. The molecular formula is C16H17N7O. The summed E-state index contributed by atoms with van der Waals surface area (Å²) in [4.78, 5) is 12.8. The molecular weight excluding hydrogens is 306 g/mol.